The molecule has 3 aromatic carbocycles. The third-order valence-electron chi connectivity index (χ3n) is 7.91. The van der Waals surface area contributed by atoms with Crippen molar-refractivity contribution in [2.75, 3.05) is 33.3 Å². The second-order valence-electron chi connectivity index (χ2n) is 10.3. The second kappa shape index (κ2) is 14.4. The molecule has 0 saturated carbocycles. The summed E-state index contributed by atoms with van der Waals surface area (Å²) < 4.78 is 33.7. The van der Waals surface area contributed by atoms with Crippen LogP contribution < -0.4 is 10.1 Å². The van der Waals surface area contributed by atoms with Crippen molar-refractivity contribution in [2.45, 2.75) is 64.7 Å². The number of benzene rings is 3. The lowest BCUT2D eigenvalue weighted by atomic mass is 9.72. The van der Waals surface area contributed by atoms with E-state index in [0.29, 0.717) is 29.8 Å². The first kappa shape index (κ1) is 31.3. The topological polar surface area (TPSA) is 41.6 Å². The molecule has 1 heterocycles. The molecule has 0 aromatic heterocycles. The van der Waals surface area contributed by atoms with Crippen molar-refractivity contribution in [3.8, 4) is 5.75 Å². The quantitative estimate of drug-likeness (QED) is 0.286. The summed E-state index contributed by atoms with van der Waals surface area (Å²) in [6.07, 6.45) is 3.07. The van der Waals surface area contributed by atoms with E-state index in [1.165, 1.54) is 11.6 Å². The lowest BCUT2D eigenvalue weighted by Crippen LogP contribution is -2.49. The molecule has 4 rings (SSSR count). The van der Waals surface area contributed by atoms with Gasteiger partial charge in [-0.05, 0) is 61.5 Å². The van der Waals surface area contributed by atoms with Gasteiger partial charge in [0.1, 0.15) is 5.75 Å². The fraction of sp³-hybridized carbons (Fsp3) is 0.441. The zero-order valence-corrected chi connectivity index (χ0v) is 24.6. The Kier molecular flexibility index (Phi) is 11.3. The van der Waals surface area contributed by atoms with Crippen molar-refractivity contribution >= 4 is 5.91 Å². The van der Waals surface area contributed by atoms with Crippen LogP contribution in [0.1, 0.15) is 73.1 Å². The van der Waals surface area contributed by atoms with Crippen LogP contribution in [0.3, 0.4) is 0 Å². The van der Waals surface area contributed by atoms with Crippen molar-refractivity contribution in [3.05, 3.63) is 101 Å². The molecule has 0 unspecified atom stereocenters. The van der Waals surface area contributed by atoms with Crippen LogP contribution in [0.25, 0.3) is 0 Å². The number of carbonyl (C=O) groups is 1. The van der Waals surface area contributed by atoms with Gasteiger partial charge in [0, 0.05) is 31.0 Å². The molecule has 0 atom stereocenters. The van der Waals surface area contributed by atoms with Crippen LogP contribution >= 0.6 is 0 Å². The summed E-state index contributed by atoms with van der Waals surface area (Å²) in [5, 5.41) is 3.23. The number of halogens is 2. The van der Waals surface area contributed by atoms with E-state index in [2.05, 4.69) is 22.3 Å². The van der Waals surface area contributed by atoms with Gasteiger partial charge in [-0.1, -0.05) is 87.5 Å². The summed E-state index contributed by atoms with van der Waals surface area (Å²) in [5.41, 5.74) is 3.40. The number of hydrogen-bond acceptors (Lipinski definition) is 3. The van der Waals surface area contributed by atoms with E-state index in [9.17, 15) is 13.6 Å². The van der Waals surface area contributed by atoms with E-state index < -0.39 is 5.92 Å². The summed E-state index contributed by atoms with van der Waals surface area (Å²) in [5.74, 6) is -2.38. The van der Waals surface area contributed by atoms with E-state index in [-0.39, 0.29) is 16.9 Å². The Morgan fingerprint density at radius 1 is 0.950 bits per heavy atom. The minimum Gasteiger partial charge on any atom is -0.496 e. The highest BCUT2D eigenvalue weighted by Gasteiger charge is 2.37. The molecule has 40 heavy (non-hydrogen) atoms. The Hall–Kier alpha value is -3.25. The molecular weight excluding hydrogens is 506 g/mol. The third-order valence-corrected chi connectivity index (χ3v) is 7.91. The predicted molar refractivity (Wildman–Crippen MR) is 160 cm³/mol. The molecule has 0 aliphatic carbocycles. The first-order chi connectivity index (χ1) is 19.3. The standard InChI is InChI=1S/C32H38F2N2O2.C2H6/c1-4-24-12-10-16-28(38-3)29(24)30(37)35-23-32(26-13-6-5-7-14-26)18-21-36(22-19-32)20-17-25-11-8-9-15-27(25)31(2,33)34;1-2/h5-16H,4,17-23H2,1-3H3,(H,35,37);1-2H3. The summed E-state index contributed by atoms with van der Waals surface area (Å²) in [6.45, 7) is 9.92. The fourth-order valence-electron chi connectivity index (χ4n) is 5.65. The Morgan fingerprint density at radius 3 is 2.20 bits per heavy atom. The number of ether oxygens (including phenoxy) is 1. The van der Waals surface area contributed by atoms with Crippen LogP contribution in [0.5, 0.6) is 5.75 Å². The number of alkyl halides is 2. The highest BCUT2D eigenvalue weighted by atomic mass is 19.3. The molecule has 6 heteroatoms. The highest BCUT2D eigenvalue weighted by molar-refractivity contribution is 5.98. The monoisotopic (exact) mass is 550 g/mol. The van der Waals surface area contributed by atoms with Crippen LogP contribution in [-0.4, -0.2) is 44.1 Å². The highest BCUT2D eigenvalue weighted by Crippen LogP contribution is 2.36. The Morgan fingerprint density at radius 2 is 1.57 bits per heavy atom. The Bertz CT molecular complexity index is 1190. The molecule has 1 N–H and O–H groups in total. The first-order valence-corrected chi connectivity index (χ1v) is 14.5. The van der Waals surface area contributed by atoms with Crippen LogP contribution in [0.2, 0.25) is 0 Å². The van der Waals surface area contributed by atoms with Crippen molar-refractivity contribution < 1.29 is 18.3 Å². The average Bonchev–Trinajstić information content (AvgIpc) is 3.00. The number of carbonyl (C=O) groups excluding carboxylic acids is 1. The minimum absolute atomic E-state index is 0.112. The smallest absolute Gasteiger partial charge is 0.270 e. The van der Waals surface area contributed by atoms with Gasteiger partial charge in [-0.2, -0.15) is 0 Å². The molecule has 3 aromatic rings. The number of nitrogens with zero attached hydrogens (tertiary/aromatic N) is 1. The summed E-state index contributed by atoms with van der Waals surface area (Å²) in [7, 11) is 1.59. The summed E-state index contributed by atoms with van der Waals surface area (Å²) >= 11 is 0. The molecule has 1 aliphatic rings. The van der Waals surface area contributed by atoms with Gasteiger partial charge < -0.3 is 15.0 Å². The summed E-state index contributed by atoms with van der Waals surface area (Å²) in [6, 6.07) is 22.9. The maximum atomic E-state index is 14.1. The number of rotatable bonds is 10. The van der Waals surface area contributed by atoms with E-state index in [1.54, 1.807) is 13.2 Å². The normalized spacial score (nSPS) is 15.1. The maximum absolute atomic E-state index is 14.1. The maximum Gasteiger partial charge on any atom is 0.270 e. The van der Waals surface area contributed by atoms with Gasteiger partial charge in [0.05, 0.1) is 12.7 Å². The largest absolute Gasteiger partial charge is 0.496 e. The number of aryl methyl sites for hydroxylation is 1. The van der Waals surface area contributed by atoms with Gasteiger partial charge in [-0.15, -0.1) is 0 Å². The van der Waals surface area contributed by atoms with E-state index in [1.807, 2.05) is 69.3 Å². The zero-order chi connectivity index (χ0) is 29.2. The number of amides is 1. The number of methoxy groups -OCH3 is 1. The lowest BCUT2D eigenvalue weighted by molar-refractivity contribution is 0.0164. The fourth-order valence-corrected chi connectivity index (χ4v) is 5.65. The van der Waals surface area contributed by atoms with Crippen LogP contribution in [0.4, 0.5) is 8.78 Å². The lowest BCUT2D eigenvalue weighted by Gasteiger charge is -2.42. The number of piperidine rings is 1. The van der Waals surface area contributed by atoms with E-state index >= 15 is 0 Å². The van der Waals surface area contributed by atoms with Crippen molar-refractivity contribution in [1.29, 1.82) is 0 Å². The minimum atomic E-state index is -2.85. The zero-order valence-electron chi connectivity index (χ0n) is 24.6. The average molecular weight is 551 g/mol. The number of nitrogens with one attached hydrogen (secondary N) is 1. The van der Waals surface area contributed by atoms with Gasteiger partial charge in [0.2, 0.25) is 0 Å². The molecule has 1 aliphatic heterocycles. The number of likely N-dealkylation sites (tertiary alicyclic amines) is 1. The van der Waals surface area contributed by atoms with Gasteiger partial charge >= 0.3 is 0 Å². The van der Waals surface area contributed by atoms with Crippen LogP contribution in [0, 0.1) is 0 Å². The molecule has 1 amide bonds. The molecular formula is C34H44F2N2O2. The van der Waals surface area contributed by atoms with Gasteiger partial charge in [0.15, 0.2) is 0 Å². The SMILES string of the molecule is CC.CCc1cccc(OC)c1C(=O)NCC1(c2ccccc2)CCN(CCc2ccccc2C(C)(F)F)CC1. The Balaban J connectivity index is 0.00000216. The van der Waals surface area contributed by atoms with Gasteiger partial charge in [0.25, 0.3) is 11.8 Å². The molecule has 216 valence electrons. The predicted octanol–water partition coefficient (Wildman–Crippen LogP) is 7.40. The molecule has 0 bridgehead atoms. The van der Waals surface area contributed by atoms with Crippen LogP contribution in [0.15, 0.2) is 72.8 Å². The van der Waals surface area contributed by atoms with E-state index in [0.717, 1.165) is 51.4 Å². The van der Waals surface area contributed by atoms with Crippen molar-refractivity contribution in [3.63, 3.8) is 0 Å². The van der Waals surface area contributed by atoms with Crippen molar-refractivity contribution in [1.82, 2.24) is 10.2 Å². The van der Waals surface area contributed by atoms with Crippen molar-refractivity contribution in [2.24, 2.45) is 0 Å². The molecule has 1 saturated heterocycles. The molecule has 4 nitrogen and oxygen atoms in total. The first-order valence-electron chi connectivity index (χ1n) is 14.5. The Labute approximate surface area is 238 Å². The third kappa shape index (κ3) is 7.48. The molecule has 1 fully saturated rings. The van der Waals surface area contributed by atoms with E-state index in [4.69, 9.17) is 4.74 Å². The molecule has 0 spiro atoms. The van der Waals surface area contributed by atoms with Gasteiger partial charge in [-0.25, -0.2) is 8.78 Å². The summed E-state index contributed by atoms with van der Waals surface area (Å²) in [4.78, 5) is 15.7. The van der Waals surface area contributed by atoms with Crippen LogP contribution in [-0.2, 0) is 24.2 Å². The van der Waals surface area contributed by atoms with Gasteiger partial charge in [-0.3, -0.25) is 4.79 Å². The second-order valence-corrected chi connectivity index (χ2v) is 10.3. The molecule has 0 radical (unpaired) electrons. The number of hydrogen-bond donors (Lipinski definition) is 1.